The minimum atomic E-state index is -0.262. The number of benzene rings is 1. The molecule has 2 aliphatic heterocycles. The number of carbonyl (C=O) groups excluding carboxylic acids is 3. The van der Waals surface area contributed by atoms with E-state index in [0.717, 1.165) is 18.9 Å². The number of carbonyl (C=O) groups is 3. The largest absolute Gasteiger partial charge is 0.353 e. The minimum Gasteiger partial charge on any atom is -0.353 e. The molecule has 150 valence electrons. The Hall–Kier alpha value is -3.42. The molecule has 0 saturated carbocycles. The molecule has 1 fully saturated rings. The highest BCUT2D eigenvalue weighted by molar-refractivity contribution is 6.21. The van der Waals surface area contributed by atoms with E-state index >= 15 is 0 Å². The zero-order valence-electron chi connectivity index (χ0n) is 16.1. The maximum atomic E-state index is 12.4. The van der Waals surface area contributed by atoms with Crippen LogP contribution >= 0.6 is 0 Å². The first-order valence-corrected chi connectivity index (χ1v) is 9.79. The van der Waals surface area contributed by atoms with Crippen LogP contribution < -0.4 is 10.2 Å². The van der Waals surface area contributed by atoms with Crippen LogP contribution in [-0.4, -0.2) is 71.9 Å². The van der Waals surface area contributed by atoms with E-state index in [9.17, 15) is 14.4 Å². The van der Waals surface area contributed by atoms with Gasteiger partial charge in [-0.25, -0.2) is 9.78 Å². The Morgan fingerprint density at radius 2 is 1.59 bits per heavy atom. The van der Waals surface area contributed by atoms with Crippen LogP contribution in [0.3, 0.4) is 0 Å². The van der Waals surface area contributed by atoms with Crippen LogP contribution in [0.2, 0.25) is 0 Å². The number of piperazine rings is 1. The maximum Gasteiger partial charge on any atom is 0.317 e. The van der Waals surface area contributed by atoms with Crippen molar-refractivity contribution >= 4 is 23.7 Å². The molecule has 29 heavy (non-hydrogen) atoms. The summed E-state index contributed by atoms with van der Waals surface area (Å²) in [6.45, 7) is 3.42. The van der Waals surface area contributed by atoms with E-state index in [4.69, 9.17) is 0 Å². The van der Waals surface area contributed by atoms with Crippen LogP contribution in [0.4, 0.5) is 10.6 Å². The van der Waals surface area contributed by atoms with E-state index in [-0.39, 0.29) is 17.8 Å². The normalized spacial score (nSPS) is 16.2. The fourth-order valence-electron chi connectivity index (χ4n) is 3.67. The molecular weight excluding hydrogens is 370 g/mol. The quantitative estimate of drug-likeness (QED) is 0.616. The summed E-state index contributed by atoms with van der Waals surface area (Å²) in [5.74, 6) is 0.402. The smallest absolute Gasteiger partial charge is 0.317 e. The lowest BCUT2D eigenvalue weighted by Crippen LogP contribution is -2.52. The molecule has 0 spiro atoms. The number of rotatable bonds is 5. The lowest BCUT2D eigenvalue weighted by molar-refractivity contribution is 0.0653. The van der Waals surface area contributed by atoms with Crippen molar-refractivity contribution < 1.29 is 14.4 Å². The highest BCUT2D eigenvalue weighted by atomic mass is 16.2. The van der Waals surface area contributed by atoms with E-state index in [1.165, 1.54) is 4.90 Å². The van der Waals surface area contributed by atoms with Gasteiger partial charge in [0.2, 0.25) is 0 Å². The lowest BCUT2D eigenvalue weighted by Gasteiger charge is -2.35. The maximum absolute atomic E-state index is 12.4. The lowest BCUT2D eigenvalue weighted by atomic mass is 10.1. The van der Waals surface area contributed by atoms with Crippen LogP contribution in [0.1, 0.15) is 27.1 Å². The van der Waals surface area contributed by atoms with Crippen molar-refractivity contribution in [2.45, 2.75) is 6.42 Å². The van der Waals surface area contributed by atoms with Crippen molar-refractivity contribution in [2.24, 2.45) is 0 Å². The number of hydrogen-bond acceptors (Lipinski definition) is 5. The first kappa shape index (κ1) is 18.9. The predicted molar refractivity (Wildman–Crippen MR) is 108 cm³/mol. The van der Waals surface area contributed by atoms with Crippen LogP contribution in [0.5, 0.6) is 0 Å². The summed E-state index contributed by atoms with van der Waals surface area (Å²) in [6.07, 6.45) is 2.29. The molecular formula is C21H23N5O3. The first-order chi connectivity index (χ1) is 14.1. The number of amides is 4. The molecule has 0 atom stereocenters. The number of aromatic nitrogens is 1. The van der Waals surface area contributed by atoms with Crippen molar-refractivity contribution in [3.05, 3.63) is 59.8 Å². The molecule has 0 bridgehead atoms. The molecule has 1 aromatic heterocycles. The Morgan fingerprint density at radius 3 is 2.21 bits per heavy atom. The first-order valence-electron chi connectivity index (χ1n) is 9.79. The SMILES string of the molecule is O=C(NCCCN1C(=O)c2ccccc2C1=O)N1CCN(c2ccccn2)CC1. The number of nitrogens with one attached hydrogen (secondary N) is 1. The Bertz CT molecular complexity index is 875. The van der Waals surface area contributed by atoms with Crippen molar-refractivity contribution in [2.75, 3.05) is 44.2 Å². The van der Waals surface area contributed by atoms with Crippen LogP contribution in [-0.2, 0) is 0 Å². The number of anilines is 1. The van der Waals surface area contributed by atoms with Gasteiger partial charge < -0.3 is 15.1 Å². The van der Waals surface area contributed by atoms with Gasteiger partial charge in [-0.3, -0.25) is 14.5 Å². The average molecular weight is 393 g/mol. The molecule has 0 unspecified atom stereocenters. The standard InChI is InChI=1S/C21H23N5O3/c27-19-16-6-1-2-7-17(16)20(28)26(19)11-5-10-23-21(29)25-14-12-24(13-15-25)18-8-3-4-9-22-18/h1-4,6-9H,5,10-15H2,(H,23,29). The fourth-order valence-corrected chi connectivity index (χ4v) is 3.67. The third-order valence-electron chi connectivity index (χ3n) is 5.25. The van der Waals surface area contributed by atoms with Crippen LogP contribution in [0.15, 0.2) is 48.7 Å². The van der Waals surface area contributed by atoms with Gasteiger partial charge in [-0.1, -0.05) is 18.2 Å². The van der Waals surface area contributed by atoms with Crippen molar-refractivity contribution in [1.29, 1.82) is 0 Å². The average Bonchev–Trinajstić information content (AvgIpc) is 3.02. The zero-order valence-corrected chi connectivity index (χ0v) is 16.1. The molecule has 4 rings (SSSR count). The summed E-state index contributed by atoms with van der Waals surface area (Å²) in [4.78, 5) is 46.6. The predicted octanol–water partition coefficient (Wildman–Crippen LogP) is 1.60. The molecule has 1 N–H and O–H groups in total. The molecule has 8 heteroatoms. The Kier molecular flexibility index (Phi) is 5.41. The van der Waals surface area contributed by atoms with E-state index in [2.05, 4.69) is 15.2 Å². The molecule has 2 aromatic rings. The Morgan fingerprint density at radius 1 is 0.931 bits per heavy atom. The van der Waals surface area contributed by atoms with E-state index in [0.29, 0.717) is 43.7 Å². The number of fused-ring (bicyclic) bond motifs is 1. The van der Waals surface area contributed by atoms with Gasteiger partial charge in [-0.05, 0) is 30.7 Å². The van der Waals surface area contributed by atoms with Gasteiger partial charge in [0.05, 0.1) is 11.1 Å². The monoisotopic (exact) mass is 393 g/mol. The molecule has 8 nitrogen and oxygen atoms in total. The molecule has 1 aromatic carbocycles. The molecule has 2 aliphatic rings. The molecule has 0 aliphatic carbocycles. The van der Waals surface area contributed by atoms with E-state index in [1.54, 1.807) is 35.4 Å². The van der Waals surface area contributed by atoms with E-state index in [1.807, 2.05) is 18.2 Å². The second-order valence-corrected chi connectivity index (χ2v) is 7.06. The summed E-state index contributed by atoms with van der Waals surface area (Å²) in [7, 11) is 0. The number of nitrogens with zero attached hydrogens (tertiary/aromatic N) is 4. The van der Waals surface area contributed by atoms with Crippen molar-refractivity contribution in [1.82, 2.24) is 20.1 Å². The minimum absolute atomic E-state index is 0.118. The fraction of sp³-hybridized carbons (Fsp3) is 0.333. The van der Waals surface area contributed by atoms with Gasteiger partial charge in [0.1, 0.15) is 5.82 Å². The van der Waals surface area contributed by atoms with Gasteiger partial charge in [-0.15, -0.1) is 0 Å². The van der Waals surface area contributed by atoms with Crippen LogP contribution in [0, 0.1) is 0 Å². The zero-order chi connectivity index (χ0) is 20.2. The summed E-state index contributed by atoms with van der Waals surface area (Å²) in [6, 6.07) is 12.5. The van der Waals surface area contributed by atoms with E-state index < -0.39 is 0 Å². The number of imide groups is 1. The number of hydrogen-bond donors (Lipinski definition) is 1. The second kappa shape index (κ2) is 8.30. The van der Waals surface area contributed by atoms with Gasteiger partial charge in [0.15, 0.2) is 0 Å². The third-order valence-corrected chi connectivity index (χ3v) is 5.25. The highest BCUT2D eigenvalue weighted by Crippen LogP contribution is 2.22. The summed E-state index contributed by atoms with van der Waals surface area (Å²) < 4.78 is 0. The second-order valence-electron chi connectivity index (χ2n) is 7.06. The molecule has 0 radical (unpaired) electrons. The van der Waals surface area contributed by atoms with Gasteiger partial charge in [-0.2, -0.15) is 0 Å². The topological polar surface area (TPSA) is 85.8 Å². The van der Waals surface area contributed by atoms with Crippen molar-refractivity contribution in [3.63, 3.8) is 0 Å². The molecule has 3 heterocycles. The van der Waals surface area contributed by atoms with Gasteiger partial charge in [0.25, 0.3) is 11.8 Å². The van der Waals surface area contributed by atoms with Gasteiger partial charge in [0, 0.05) is 45.5 Å². The highest BCUT2D eigenvalue weighted by Gasteiger charge is 2.34. The van der Waals surface area contributed by atoms with Gasteiger partial charge >= 0.3 is 6.03 Å². The summed E-state index contributed by atoms with van der Waals surface area (Å²) in [5, 5.41) is 2.89. The third kappa shape index (κ3) is 3.91. The van der Waals surface area contributed by atoms with Crippen LogP contribution in [0.25, 0.3) is 0 Å². The number of pyridine rings is 1. The van der Waals surface area contributed by atoms with Crippen molar-refractivity contribution in [3.8, 4) is 0 Å². The number of urea groups is 1. The Labute approximate surface area is 169 Å². The molecule has 1 saturated heterocycles. The summed E-state index contributed by atoms with van der Waals surface area (Å²) in [5.41, 5.74) is 0.902. The molecule has 4 amide bonds. The Balaban J connectivity index is 1.20. The summed E-state index contributed by atoms with van der Waals surface area (Å²) >= 11 is 0.